The van der Waals surface area contributed by atoms with Crippen molar-refractivity contribution in [1.29, 1.82) is 0 Å². The molecule has 0 saturated carbocycles. The van der Waals surface area contributed by atoms with Gasteiger partial charge in [-0.15, -0.1) is 11.3 Å². The molecule has 1 aromatic rings. The Hall–Kier alpha value is -0.550. The van der Waals surface area contributed by atoms with E-state index < -0.39 is 11.1 Å². The quantitative estimate of drug-likeness (QED) is 0.732. The van der Waals surface area contributed by atoms with Crippen LogP contribution in [0.15, 0.2) is 12.1 Å². The smallest absolute Gasteiger partial charge is 0.324 e. The number of nitrogens with two attached hydrogens (primary N) is 1. The van der Waals surface area contributed by atoms with E-state index in [1.165, 1.54) is 6.07 Å². The molecule has 2 N–H and O–H groups in total. The van der Waals surface area contributed by atoms with E-state index in [4.69, 9.17) is 5.73 Å². The third-order valence-electron chi connectivity index (χ3n) is 1.35. The van der Waals surface area contributed by atoms with E-state index in [0.717, 1.165) is 6.07 Å². The molecule has 1 nitrogen and oxygen atoms in total. The van der Waals surface area contributed by atoms with E-state index in [9.17, 15) is 13.2 Å². The zero-order valence-corrected chi connectivity index (χ0v) is 7.17. The molecular weight excluding hydrogens is 187 g/mol. The minimum atomic E-state index is -4.24. The van der Waals surface area contributed by atoms with E-state index in [0.29, 0.717) is 16.2 Å². The Labute approximate surface area is 72.0 Å². The average Bonchev–Trinajstić information content (AvgIpc) is 2.30. The SMILES string of the molecule is C[C@H](N)c1ccc(C(F)(F)F)s1. The van der Waals surface area contributed by atoms with E-state index in [1.807, 2.05) is 0 Å². The van der Waals surface area contributed by atoms with Gasteiger partial charge in [0.2, 0.25) is 0 Å². The van der Waals surface area contributed by atoms with E-state index in [1.54, 1.807) is 6.92 Å². The van der Waals surface area contributed by atoms with Gasteiger partial charge in [-0.3, -0.25) is 0 Å². The molecule has 0 aliphatic carbocycles. The molecule has 0 aliphatic heterocycles. The molecule has 0 bridgehead atoms. The van der Waals surface area contributed by atoms with Gasteiger partial charge in [0.15, 0.2) is 0 Å². The summed E-state index contributed by atoms with van der Waals surface area (Å²) < 4.78 is 36.1. The Morgan fingerprint density at radius 3 is 2.25 bits per heavy atom. The van der Waals surface area contributed by atoms with Crippen molar-refractivity contribution in [3.8, 4) is 0 Å². The second kappa shape index (κ2) is 3.06. The van der Waals surface area contributed by atoms with Crippen LogP contribution in [0.5, 0.6) is 0 Å². The number of hydrogen-bond acceptors (Lipinski definition) is 2. The van der Waals surface area contributed by atoms with Crippen molar-refractivity contribution in [3.05, 3.63) is 21.9 Å². The lowest BCUT2D eigenvalue weighted by atomic mass is 10.3. The van der Waals surface area contributed by atoms with Gasteiger partial charge in [0.1, 0.15) is 4.88 Å². The van der Waals surface area contributed by atoms with Crippen molar-refractivity contribution in [2.45, 2.75) is 19.1 Å². The van der Waals surface area contributed by atoms with Crippen molar-refractivity contribution < 1.29 is 13.2 Å². The summed E-state index contributed by atoms with van der Waals surface area (Å²) in [7, 11) is 0. The van der Waals surface area contributed by atoms with Crippen LogP contribution in [-0.4, -0.2) is 0 Å². The van der Waals surface area contributed by atoms with Crippen LogP contribution < -0.4 is 5.73 Å². The van der Waals surface area contributed by atoms with Crippen molar-refractivity contribution in [2.75, 3.05) is 0 Å². The largest absolute Gasteiger partial charge is 0.425 e. The second-order valence-electron chi connectivity index (χ2n) is 2.49. The first-order chi connectivity index (χ1) is 5.41. The molecule has 12 heavy (non-hydrogen) atoms. The van der Waals surface area contributed by atoms with Crippen LogP contribution >= 0.6 is 11.3 Å². The Bertz CT molecular complexity index is 264. The lowest BCUT2D eigenvalue weighted by molar-refractivity contribution is -0.134. The van der Waals surface area contributed by atoms with Crippen LogP contribution in [0.25, 0.3) is 0 Å². The Balaban J connectivity index is 2.92. The maximum absolute atomic E-state index is 12.0. The van der Waals surface area contributed by atoms with Crippen LogP contribution in [-0.2, 0) is 6.18 Å². The van der Waals surface area contributed by atoms with E-state index in [-0.39, 0.29) is 6.04 Å². The molecule has 0 saturated heterocycles. The van der Waals surface area contributed by atoms with Crippen LogP contribution in [0.1, 0.15) is 22.7 Å². The van der Waals surface area contributed by atoms with Crippen molar-refractivity contribution in [2.24, 2.45) is 5.73 Å². The molecule has 0 fully saturated rings. The molecule has 0 radical (unpaired) electrons. The molecule has 5 heteroatoms. The Morgan fingerprint density at radius 2 is 2.00 bits per heavy atom. The van der Waals surface area contributed by atoms with Crippen LogP contribution in [0.3, 0.4) is 0 Å². The molecule has 0 unspecified atom stereocenters. The number of thiophene rings is 1. The highest BCUT2D eigenvalue weighted by Gasteiger charge is 2.32. The third-order valence-corrected chi connectivity index (χ3v) is 2.69. The molecule has 1 atom stereocenters. The highest BCUT2D eigenvalue weighted by molar-refractivity contribution is 7.12. The second-order valence-corrected chi connectivity index (χ2v) is 3.60. The van der Waals surface area contributed by atoms with Gasteiger partial charge in [0.05, 0.1) is 0 Å². The molecule has 1 heterocycles. The standard InChI is InChI=1S/C7H8F3NS/c1-4(11)5-2-3-6(12-5)7(8,9)10/h2-4H,11H2,1H3/t4-/m0/s1. The summed E-state index contributed by atoms with van der Waals surface area (Å²) in [6, 6.07) is 2.15. The lowest BCUT2D eigenvalue weighted by Crippen LogP contribution is -2.02. The normalized spacial score (nSPS) is 14.8. The number of halogens is 3. The maximum Gasteiger partial charge on any atom is 0.425 e. The van der Waals surface area contributed by atoms with Gasteiger partial charge in [-0.2, -0.15) is 13.2 Å². The van der Waals surface area contributed by atoms with Gasteiger partial charge >= 0.3 is 6.18 Å². The van der Waals surface area contributed by atoms with Crippen molar-refractivity contribution in [3.63, 3.8) is 0 Å². The lowest BCUT2D eigenvalue weighted by Gasteiger charge is -2.02. The van der Waals surface area contributed by atoms with Gasteiger partial charge < -0.3 is 5.73 Å². The minimum absolute atomic E-state index is 0.328. The molecule has 1 rings (SSSR count). The fourth-order valence-electron chi connectivity index (χ4n) is 0.750. The van der Waals surface area contributed by atoms with Crippen molar-refractivity contribution in [1.82, 2.24) is 0 Å². The van der Waals surface area contributed by atoms with E-state index >= 15 is 0 Å². The van der Waals surface area contributed by atoms with Gasteiger partial charge in [0.25, 0.3) is 0 Å². The first-order valence-corrected chi connectivity index (χ1v) is 4.15. The number of hydrogen-bond donors (Lipinski definition) is 1. The highest BCUT2D eigenvalue weighted by Crippen LogP contribution is 2.35. The zero-order valence-electron chi connectivity index (χ0n) is 6.35. The topological polar surface area (TPSA) is 26.0 Å². The minimum Gasteiger partial charge on any atom is -0.324 e. The average molecular weight is 195 g/mol. The molecular formula is C7H8F3NS. The Kier molecular flexibility index (Phi) is 2.44. The van der Waals surface area contributed by atoms with Gasteiger partial charge in [-0.25, -0.2) is 0 Å². The Morgan fingerprint density at radius 1 is 1.42 bits per heavy atom. The number of alkyl halides is 3. The van der Waals surface area contributed by atoms with Gasteiger partial charge in [-0.05, 0) is 19.1 Å². The van der Waals surface area contributed by atoms with E-state index in [2.05, 4.69) is 0 Å². The summed E-state index contributed by atoms with van der Waals surface area (Å²) in [5.74, 6) is 0. The third kappa shape index (κ3) is 1.98. The number of rotatable bonds is 1. The summed E-state index contributed by atoms with van der Waals surface area (Å²) >= 11 is 0.698. The molecule has 0 amide bonds. The highest BCUT2D eigenvalue weighted by atomic mass is 32.1. The van der Waals surface area contributed by atoms with Gasteiger partial charge in [0, 0.05) is 10.9 Å². The predicted octanol–water partition coefficient (Wildman–Crippen LogP) is 2.79. The van der Waals surface area contributed by atoms with Crippen LogP contribution in [0.2, 0.25) is 0 Å². The van der Waals surface area contributed by atoms with Gasteiger partial charge in [-0.1, -0.05) is 0 Å². The first kappa shape index (κ1) is 9.54. The molecule has 0 spiro atoms. The molecule has 1 aromatic heterocycles. The van der Waals surface area contributed by atoms with Crippen molar-refractivity contribution >= 4 is 11.3 Å². The summed E-state index contributed by atoms with van der Waals surface area (Å²) in [5.41, 5.74) is 5.41. The first-order valence-electron chi connectivity index (χ1n) is 3.34. The summed E-state index contributed by atoms with van der Waals surface area (Å²) in [4.78, 5) is -0.0304. The van der Waals surface area contributed by atoms with Crippen LogP contribution in [0, 0.1) is 0 Å². The molecule has 0 aliphatic rings. The molecule has 0 aromatic carbocycles. The fourth-order valence-corrected chi connectivity index (χ4v) is 1.58. The summed E-state index contributed by atoms with van der Waals surface area (Å²) in [6.07, 6.45) is -4.24. The summed E-state index contributed by atoms with van der Waals surface area (Å²) in [6.45, 7) is 1.66. The predicted molar refractivity (Wildman–Crippen MR) is 41.9 cm³/mol. The molecule has 68 valence electrons. The fraction of sp³-hybridized carbons (Fsp3) is 0.429. The maximum atomic E-state index is 12.0. The summed E-state index contributed by atoms with van der Waals surface area (Å²) in [5, 5.41) is 0. The zero-order chi connectivity index (χ0) is 9.35. The van der Waals surface area contributed by atoms with Crippen LogP contribution in [0.4, 0.5) is 13.2 Å². The monoisotopic (exact) mass is 195 g/mol.